The lowest BCUT2D eigenvalue weighted by molar-refractivity contribution is -0.138. The second kappa shape index (κ2) is 8.10. The highest BCUT2D eigenvalue weighted by molar-refractivity contribution is 5.79. The predicted molar refractivity (Wildman–Crippen MR) is 99.3 cm³/mol. The van der Waals surface area contributed by atoms with Crippen molar-refractivity contribution in [1.29, 1.82) is 0 Å². The average molecular weight is 361 g/mol. The Bertz CT molecular complexity index is 650. The summed E-state index contributed by atoms with van der Waals surface area (Å²) in [5.41, 5.74) is 1.90. The molecule has 1 aromatic rings. The van der Waals surface area contributed by atoms with Crippen LogP contribution in [-0.2, 0) is 24.4 Å². The summed E-state index contributed by atoms with van der Waals surface area (Å²) in [6, 6.07) is 1.97. The van der Waals surface area contributed by atoms with Gasteiger partial charge < -0.3 is 15.5 Å². The van der Waals surface area contributed by atoms with E-state index in [1.165, 1.54) is 6.42 Å². The highest BCUT2D eigenvalue weighted by Crippen LogP contribution is 2.29. The first-order valence-corrected chi connectivity index (χ1v) is 9.82. The van der Waals surface area contributed by atoms with E-state index in [9.17, 15) is 9.59 Å². The third-order valence-electron chi connectivity index (χ3n) is 5.62. The fourth-order valence-electron chi connectivity index (χ4n) is 3.31. The lowest BCUT2D eigenvalue weighted by Crippen LogP contribution is -2.42. The molecule has 0 bridgehead atoms. The topological polar surface area (TPSA) is 79.3 Å². The van der Waals surface area contributed by atoms with E-state index in [0.29, 0.717) is 24.9 Å². The van der Waals surface area contributed by atoms with Crippen LogP contribution in [0.3, 0.4) is 0 Å². The number of urea groups is 1. The van der Waals surface area contributed by atoms with Gasteiger partial charge >= 0.3 is 6.03 Å². The number of aryl methyl sites for hydroxylation is 1. The van der Waals surface area contributed by atoms with E-state index in [-0.39, 0.29) is 18.0 Å². The summed E-state index contributed by atoms with van der Waals surface area (Å²) < 4.78 is 1.99. The van der Waals surface area contributed by atoms with E-state index >= 15 is 0 Å². The van der Waals surface area contributed by atoms with Gasteiger partial charge in [-0.15, -0.1) is 0 Å². The lowest BCUT2D eigenvalue weighted by Gasteiger charge is -2.30. The minimum Gasteiger partial charge on any atom is -0.337 e. The van der Waals surface area contributed by atoms with Gasteiger partial charge in [0.2, 0.25) is 5.91 Å². The Balaban J connectivity index is 1.56. The summed E-state index contributed by atoms with van der Waals surface area (Å²) in [5, 5.41) is 10.4. The van der Waals surface area contributed by atoms with Gasteiger partial charge in [0.1, 0.15) is 0 Å². The molecule has 7 heteroatoms. The molecule has 0 aromatic carbocycles. The van der Waals surface area contributed by atoms with Crippen molar-refractivity contribution < 1.29 is 9.59 Å². The molecule has 1 atom stereocenters. The van der Waals surface area contributed by atoms with Crippen LogP contribution >= 0.6 is 0 Å². The summed E-state index contributed by atoms with van der Waals surface area (Å²) >= 11 is 0. The minimum atomic E-state index is -0.170. The number of nitrogens with one attached hydrogen (secondary N) is 2. The monoisotopic (exact) mass is 361 g/mol. The van der Waals surface area contributed by atoms with Crippen LogP contribution < -0.4 is 10.6 Å². The SMILES string of the molecule is CC(C)[C@@H](C)NC(=O)NCc1cc2n(n1)CCCN(C(=O)C1CCC1)C2. The first-order valence-electron chi connectivity index (χ1n) is 9.82. The average Bonchev–Trinajstić information content (AvgIpc) is 2.81. The zero-order chi connectivity index (χ0) is 18.7. The van der Waals surface area contributed by atoms with Gasteiger partial charge in [0.05, 0.1) is 24.5 Å². The highest BCUT2D eigenvalue weighted by atomic mass is 16.2. The van der Waals surface area contributed by atoms with E-state index < -0.39 is 0 Å². The van der Waals surface area contributed by atoms with Crippen molar-refractivity contribution >= 4 is 11.9 Å². The van der Waals surface area contributed by atoms with Gasteiger partial charge in [-0.25, -0.2) is 4.79 Å². The van der Waals surface area contributed by atoms with Crippen molar-refractivity contribution in [3.05, 3.63) is 17.5 Å². The summed E-state index contributed by atoms with van der Waals surface area (Å²) in [6.45, 7) is 8.80. The number of nitrogens with zero attached hydrogens (tertiary/aromatic N) is 3. The van der Waals surface area contributed by atoms with Crippen molar-refractivity contribution in [3.8, 4) is 0 Å². The lowest BCUT2D eigenvalue weighted by atomic mass is 9.84. The number of aromatic nitrogens is 2. The molecule has 144 valence electrons. The minimum absolute atomic E-state index is 0.125. The molecule has 1 saturated carbocycles. The molecule has 2 N–H and O–H groups in total. The number of hydrogen-bond acceptors (Lipinski definition) is 3. The van der Waals surface area contributed by atoms with Crippen LogP contribution in [0.5, 0.6) is 0 Å². The Hall–Kier alpha value is -2.05. The van der Waals surface area contributed by atoms with Crippen molar-refractivity contribution in [2.75, 3.05) is 6.54 Å². The molecular weight excluding hydrogens is 330 g/mol. The number of rotatable bonds is 5. The first-order chi connectivity index (χ1) is 12.4. The van der Waals surface area contributed by atoms with Gasteiger partial charge in [-0.2, -0.15) is 5.10 Å². The smallest absolute Gasteiger partial charge is 0.315 e. The number of carbonyl (C=O) groups excluding carboxylic acids is 2. The van der Waals surface area contributed by atoms with Crippen molar-refractivity contribution in [2.45, 2.75) is 72.1 Å². The van der Waals surface area contributed by atoms with Gasteiger partial charge in [-0.05, 0) is 38.2 Å². The van der Waals surface area contributed by atoms with E-state index in [4.69, 9.17) is 0 Å². The van der Waals surface area contributed by atoms with Gasteiger partial charge in [-0.1, -0.05) is 20.3 Å². The molecule has 0 spiro atoms. The summed E-state index contributed by atoms with van der Waals surface area (Å²) in [5.74, 6) is 0.925. The summed E-state index contributed by atoms with van der Waals surface area (Å²) in [7, 11) is 0. The van der Waals surface area contributed by atoms with E-state index in [1.54, 1.807) is 0 Å². The molecule has 1 aliphatic carbocycles. The molecule has 1 aromatic heterocycles. The molecule has 0 saturated heterocycles. The maximum Gasteiger partial charge on any atom is 0.315 e. The predicted octanol–water partition coefficient (Wildman–Crippen LogP) is 2.26. The van der Waals surface area contributed by atoms with Gasteiger partial charge in [0.25, 0.3) is 0 Å². The molecule has 3 amide bonds. The van der Waals surface area contributed by atoms with Crippen LogP contribution in [0.2, 0.25) is 0 Å². The maximum absolute atomic E-state index is 12.6. The van der Waals surface area contributed by atoms with Crippen molar-refractivity contribution in [3.63, 3.8) is 0 Å². The molecule has 1 aliphatic heterocycles. The second-order valence-electron chi connectivity index (χ2n) is 7.95. The van der Waals surface area contributed by atoms with Crippen LogP contribution in [0, 0.1) is 11.8 Å². The number of amides is 3. The van der Waals surface area contributed by atoms with Crippen molar-refractivity contribution in [2.24, 2.45) is 11.8 Å². The maximum atomic E-state index is 12.6. The molecule has 2 aliphatic rings. The Labute approximate surface area is 155 Å². The molecule has 26 heavy (non-hydrogen) atoms. The van der Waals surface area contributed by atoms with Crippen LogP contribution in [0.25, 0.3) is 0 Å². The van der Waals surface area contributed by atoms with Gasteiger partial charge in [-0.3, -0.25) is 9.48 Å². The zero-order valence-electron chi connectivity index (χ0n) is 16.1. The quantitative estimate of drug-likeness (QED) is 0.844. The zero-order valence-corrected chi connectivity index (χ0v) is 16.1. The third-order valence-corrected chi connectivity index (χ3v) is 5.62. The fraction of sp³-hybridized carbons (Fsp3) is 0.737. The van der Waals surface area contributed by atoms with Crippen LogP contribution in [0.1, 0.15) is 57.8 Å². The number of carbonyl (C=O) groups is 2. The molecule has 1 fully saturated rings. The highest BCUT2D eigenvalue weighted by Gasteiger charge is 2.30. The van der Waals surface area contributed by atoms with Crippen molar-refractivity contribution in [1.82, 2.24) is 25.3 Å². The Morgan fingerprint density at radius 3 is 2.65 bits per heavy atom. The molecule has 3 rings (SSSR count). The van der Waals surface area contributed by atoms with Gasteiger partial charge in [0.15, 0.2) is 0 Å². The fourth-order valence-corrected chi connectivity index (χ4v) is 3.31. The molecule has 2 heterocycles. The summed E-state index contributed by atoms with van der Waals surface area (Å²) in [6.07, 6.45) is 4.17. The second-order valence-corrected chi connectivity index (χ2v) is 7.95. The molecule has 0 radical (unpaired) electrons. The Morgan fingerprint density at radius 2 is 2.00 bits per heavy atom. The summed E-state index contributed by atoms with van der Waals surface area (Å²) in [4.78, 5) is 26.5. The van der Waals surface area contributed by atoms with Gasteiger partial charge in [0, 0.05) is 25.0 Å². The largest absolute Gasteiger partial charge is 0.337 e. The molecule has 7 nitrogen and oxygen atoms in total. The number of fused-ring (bicyclic) bond motifs is 1. The third kappa shape index (κ3) is 4.37. The molecular formula is C19H31N5O2. The van der Waals surface area contributed by atoms with E-state index in [2.05, 4.69) is 29.6 Å². The standard InChI is InChI=1S/C19H31N5O2/c1-13(2)14(3)21-19(26)20-11-16-10-17-12-23(8-5-9-24(17)22-16)18(25)15-6-4-7-15/h10,13-15H,4-9,11-12H2,1-3H3,(H2,20,21,26)/t14-/m1/s1. The Kier molecular flexibility index (Phi) is 5.84. The first kappa shape index (κ1) is 18.7. The van der Waals surface area contributed by atoms with E-state index in [0.717, 1.165) is 43.7 Å². The molecule has 0 unspecified atom stereocenters. The van der Waals surface area contributed by atoms with E-state index in [1.807, 2.05) is 22.6 Å². The van der Waals surface area contributed by atoms with Crippen LogP contribution in [-0.4, -0.2) is 39.2 Å². The number of hydrogen-bond donors (Lipinski definition) is 2. The van der Waals surface area contributed by atoms with Crippen LogP contribution in [0.15, 0.2) is 6.07 Å². The van der Waals surface area contributed by atoms with Crippen LogP contribution in [0.4, 0.5) is 4.79 Å². The normalized spacial score (nSPS) is 18.7. The Morgan fingerprint density at radius 1 is 1.23 bits per heavy atom.